The Balaban J connectivity index is 2.87. The summed E-state index contributed by atoms with van der Waals surface area (Å²) in [5.41, 5.74) is -3.40. The van der Waals surface area contributed by atoms with Crippen molar-refractivity contribution in [2.24, 2.45) is 0 Å². The summed E-state index contributed by atoms with van der Waals surface area (Å²) in [6, 6.07) is 1.13. The first-order valence-electron chi connectivity index (χ1n) is 4.40. The first-order valence-corrected chi connectivity index (χ1v) is 5.19. The molecular weight excluding hydrogens is 296 g/mol. The average molecular weight is 297 g/mol. The minimum atomic E-state index is -0.855. The Hall–Kier alpha value is -2.02. The molecule has 0 atom stereocenters. The van der Waals surface area contributed by atoms with Gasteiger partial charge in [-0.25, -0.2) is 19.2 Å². The molecule has 0 spiro atoms. The van der Waals surface area contributed by atoms with Crippen molar-refractivity contribution >= 4 is 37.5 Å². The number of rotatable bonds is 0. The molecular formula is C10HBrO6. The molecule has 0 aliphatic carbocycles. The van der Waals surface area contributed by atoms with Crippen LogP contribution in [0.3, 0.4) is 0 Å². The number of furan rings is 2. The first kappa shape index (κ1) is 10.2. The highest BCUT2D eigenvalue weighted by molar-refractivity contribution is 9.10. The Bertz CT molecular complexity index is 890. The van der Waals surface area contributed by atoms with E-state index in [1.54, 1.807) is 0 Å². The molecule has 2 aromatic heterocycles. The number of halogens is 1. The van der Waals surface area contributed by atoms with E-state index >= 15 is 0 Å². The summed E-state index contributed by atoms with van der Waals surface area (Å²) in [4.78, 5) is 45.4. The van der Waals surface area contributed by atoms with Crippen LogP contribution in [0.5, 0.6) is 0 Å². The van der Waals surface area contributed by atoms with Crippen molar-refractivity contribution in [3.8, 4) is 0 Å². The molecule has 0 saturated heterocycles. The minimum absolute atomic E-state index is 0.0488. The van der Waals surface area contributed by atoms with Crippen molar-refractivity contribution < 1.29 is 8.83 Å². The van der Waals surface area contributed by atoms with Crippen LogP contribution < -0.4 is 22.5 Å². The van der Waals surface area contributed by atoms with Gasteiger partial charge >= 0.3 is 22.5 Å². The average Bonchev–Trinajstić information content (AvgIpc) is 2.68. The standard InChI is InChI=1S/C10HBrO6/c11-6-4-2(7(12)16-9(4)14)1-3-5(6)10(15)17-8(3)13/h1H. The highest BCUT2D eigenvalue weighted by atomic mass is 79.9. The molecule has 1 aromatic carbocycles. The fourth-order valence-corrected chi connectivity index (χ4v) is 2.50. The molecule has 0 unspecified atom stereocenters. The Morgan fingerprint density at radius 3 is 1.59 bits per heavy atom. The molecule has 0 aliphatic rings. The summed E-state index contributed by atoms with van der Waals surface area (Å²) < 4.78 is 8.83. The summed E-state index contributed by atoms with van der Waals surface area (Å²) in [5, 5.41) is -0.208. The van der Waals surface area contributed by atoms with Crippen LogP contribution in [0.4, 0.5) is 0 Å². The van der Waals surface area contributed by atoms with E-state index in [2.05, 4.69) is 24.8 Å². The van der Waals surface area contributed by atoms with Gasteiger partial charge in [0, 0.05) is 4.47 Å². The molecule has 7 heteroatoms. The van der Waals surface area contributed by atoms with Gasteiger partial charge in [0.1, 0.15) is 0 Å². The van der Waals surface area contributed by atoms with E-state index in [0.29, 0.717) is 0 Å². The van der Waals surface area contributed by atoms with Crippen LogP contribution in [0.1, 0.15) is 0 Å². The third-order valence-electron chi connectivity index (χ3n) is 2.49. The third-order valence-corrected chi connectivity index (χ3v) is 3.28. The zero-order valence-electron chi connectivity index (χ0n) is 7.90. The second-order valence-corrected chi connectivity index (χ2v) is 4.18. The van der Waals surface area contributed by atoms with Gasteiger partial charge in [0.05, 0.1) is 21.5 Å². The second-order valence-electron chi connectivity index (χ2n) is 3.39. The second kappa shape index (κ2) is 3.01. The number of hydrogen-bond donors (Lipinski definition) is 0. The van der Waals surface area contributed by atoms with E-state index in [1.165, 1.54) is 0 Å². The summed E-state index contributed by atoms with van der Waals surface area (Å²) in [6.07, 6.45) is 0. The zero-order chi connectivity index (χ0) is 12.3. The van der Waals surface area contributed by atoms with Crippen LogP contribution in [0.2, 0.25) is 0 Å². The minimum Gasteiger partial charge on any atom is -0.386 e. The predicted octanol–water partition coefficient (Wildman–Crippen LogP) is 0.258. The quantitative estimate of drug-likeness (QED) is 0.590. The predicted molar refractivity (Wildman–Crippen MR) is 61.1 cm³/mol. The lowest BCUT2D eigenvalue weighted by atomic mass is 10.1. The van der Waals surface area contributed by atoms with Crippen molar-refractivity contribution in [1.29, 1.82) is 0 Å². The van der Waals surface area contributed by atoms with Crippen LogP contribution in [0.15, 0.2) is 38.6 Å². The van der Waals surface area contributed by atoms with E-state index in [4.69, 9.17) is 0 Å². The van der Waals surface area contributed by atoms with E-state index in [-0.39, 0.29) is 26.0 Å². The summed E-state index contributed by atoms with van der Waals surface area (Å²) in [6.45, 7) is 0. The van der Waals surface area contributed by atoms with Crippen molar-refractivity contribution in [2.75, 3.05) is 0 Å². The van der Waals surface area contributed by atoms with E-state index < -0.39 is 22.5 Å². The first-order chi connectivity index (χ1) is 8.00. The summed E-state index contributed by atoms with van der Waals surface area (Å²) in [5.74, 6) is 0. The lowest BCUT2D eigenvalue weighted by Crippen LogP contribution is -1.97. The van der Waals surface area contributed by atoms with Gasteiger partial charge in [-0.2, -0.15) is 0 Å². The highest BCUT2D eigenvalue weighted by Crippen LogP contribution is 2.26. The Kier molecular flexibility index (Phi) is 1.80. The Morgan fingerprint density at radius 1 is 0.765 bits per heavy atom. The van der Waals surface area contributed by atoms with E-state index in [0.717, 1.165) is 6.07 Å². The highest BCUT2D eigenvalue weighted by Gasteiger charge is 2.20. The lowest BCUT2D eigenvalue weighted by molar-refractivity contribution is 0.498. The van der Waals surface area contributed by atoms with Gasteiger partial charge in [0.15, 0.2) is 0 Å². The van der Waals surface area contributed by atoms with Gasteiger partial charge in [-0.15, -0.1) is 0 Å². The van der Waals surface area contributed by atoms with Gasteiger partial charge in [0.2, 0.25) is 0 Å². The lowest BCUT2D eigenvalue weighted by Gasteiger charge is -1.91. The van der Waals surface area contributed by atoms with Gasteiger partial charge in [-0.1, -0.05) is 0 Å². The molecule has 0 saturated carbocycles. The van der Waals surface area contributed by atoms with Crippen LogP contribution >= 0.6 is 15.9 Å². The summed E-state index contributed by atoms with van der Waals surface area (Å²) in [7, 11) is 0. The smallest absolute Gasteiger partial charge is 0.348 e. The monoisotopic (exact) mass is 296 g/mol. The molecule has 0 amide bonds. The molecule has 0 fully saturated rings. The van der Waals surface area contributed by atoms with Crippen molar-refractivity contribution in [1.82, 2.24) is 0 Å². The van der Waals surface area contributed by atoms with Gasteiger partial charge in [-0.3, -0.25) is 0 Å². The molecule has 0 aliphatic heterocycles. The van der Waals surface area contributed by atoms with Crippen LogP contribution in [-0.2, 0) is 0 Å². The van der Waals surface area contributed by atoms with Crippen molar-refractivity contribution in [3.63, 3.8) is 0 Å². The summed E-state index contributed by atoms with van der Waals surface area (Å²) >= 11 is 3.01. The maximum absolute atomic E-state index is 11.4. The molecule has 17 heavy (non-hydrogen) atoms. The molecule has 3 aromatic rings. The maximum atomic E-state index is 11.4. The van der Waals surface area contributed by atoms with E-state index in [1.807, 2.05) is 0 Å². The molecule has 3 rings (SSSR count). The molecule has 0 N–H and O–H groups in total. The number of benzene rings is 1. The van der Waals surface area contributed by atoms with Crippen molar-refractivity contribution in [3.05, 3.63) is 52.2 Å². The Morgan fingerprint density at radius 2 is 1.18 bits per heavy atom. The topological polar surface area (TPSA) is 94.6 Å². The fourth-order valence-electron chi connectivity index (χ4n) is 1.75. The van der Waals surface area contributed by atoms with Crippen LogP contribution in [-0.4, -0.2) is 0 Å². The van der Waals surface area contributed by atoms with Crippen LogP contribution in [0.25, 0.3) is 21.5 Å². The van der Waals surface area contributed by atoms with Crippen molar-refractivity contribution in [2.45, 2.75) is 0 Å². The normalized spacial score (nSPS) is 11.6. The molecule has 6 nitrogen and oxygen atoms in total. The van der Waals surface area contributed by atoms with Crippen LogP contribution in [0, 0.1) is 0 Å². The number of hydrogen-bond acceptors (Lipinski definition) is 6. The van der Waals surface area contributed by atoms with Gasteiger partial charge in [0.25, 0.3) is 0 Å². The Labute approximate surface area is 98.9 Å². The van der Waals surface area contributed by atoms with E-state index in [9.17, 15) is 19.2 Å². The van der Waals surface area contributed by atoms with Gasteiger partial charge in [-0.05, 0) is 22.0 Å². The zero-order valence-corrected chi connectivity index (χ0v) is 9.49. The third kappa shape index (κ3) is 1.14. The number of fused-ring (bicyclic) bond motifs is 2. The SMILES string of the molecule is O=c1oc(=O)c2c(Br)c3c(=O)oc(=O)c3cc12. The van der Waals surface area contributed by atoms with Gasteiger partial charge < -0.3 is 8.83 Å². The maximum Gasteiger partial charge on any atom is 0.348 e. The molecule has 0 bridgehead atoms. The molecule has 84 valence electrons. The molecule has 2 heterocycles. The largest absolute Gasteiger partial charge is 0.386 e. The fraction of sp³-hybridized carbons (Fsp3) is 0. The molecule has 0 radical (unpaired) electrons.